The molecule has 3 aromatic rings. The van der Waals surface area contributed by atoms with Crippen molar-refractivity contribution in [1.29, 1.82) is 0 Å². The van der Waals surface area contributed by atoms with Gasteiger partial charge in [0.15, 0.2) is 0 Å². The Morgan fingerprint density at radius 2 is 2.04 bits per heavy atom. The highest BCUT2D eigenvalue weighted by atomic mass is 16.6. The molecule has 1 aromatic carbocycles. The van der Waals surface area contributed by atoms with Crippen molar-refractivity contribution in [3.05, 3.63) is 59.8 Å². The molecule has 0 unspecified atom stereocenters. The minimum absolute atomic E-state index is 0.0266. The van der Waals surface area contributed by atoms with Crippen LogP contribution in [0.25, 0.3) is 27.9 Å². The third-order valence-electron chi connectivity index (χ3n) is 9.42. The topological polar surface area (TPSA) is 150 Å². The van der Waals surface area contributed by atoms with E-state index in [9.17, 15) is 14.4 Å². The van der Waals surface area contributed by atoms with Gasteiger partial charge < -0.3 is 28.5 Å². The standard InChI is InChI=1S/C40H54N6O7/c1-11-27(33(41-12-2)24(4)50-10)34-29-21-40(8,9)23-52-37(48)30-15-14-18-46(44-30)36(47)31(43-38(49)53-39(5,6)7)20-26-22-51-35(42-26)25-16-17-32(28(29)19-25)45(34)13-3/h11-12,16-17,19,22,24,30-31,44H,1,13-15,18,20-21,23H2,2-10H3,(H,43,49)/b33-27+,41-12?/t24-,30-,31-/m0/s1. The number of aromatic nitrogens is 2. The fraction of sp³-hybridized carbons (Fsp3) is 0.525. The fourth-order valence-electron chi connectivity index (χ4n) is 6.93. The molecule has 2 aromatic heterocycles. The Bertz CT molecular complexity index is 1910. The van der Waals surface area contributed by atoms with Crippen molar-refractivity contribution < 1.29 is 33.0 Å². The largest absolute Gasteiger partial charge is 0.464 e. The van der Waals surface area contributed by atoms with E-state index in [2.05, 4.69) is 54.8 Å². The fourth-order valence-corrected chi connectivity index (χ4v) is 6.93. The van der Waals surface area contributed by atoms with Gasteiger partial charge >= 0.3 is 12.1 Å². The lowest BCUT2D eigenvalue weighted by atomic mass is 9.84. The van der Waals surface area contributed by atoms with E-state index in [1.807, 2.05) is 26.0 Å². The highest BCUT2D eigenvalue weighted by molar-refractivity contribution is 5.95. The molecule has 0 aliphatic carbocycles. The van der Waals surface area contributed by atoms with Crippen LogP contribution in [-0.2, 0) is 43.2 Å². The summed E-state index contributed by atoms with van der Waals surface area (Å²) in [6.07, 6.45) is 5.65. The number of aliphatic imine (C=N–C) groups is 1. The molecule has 2 aliphatic rings. The first-order chi connectivity index (χ1) is 25.1. The number of nitrogens with zero attached hydrogens (tertiary/aromatic N) is 4. The number of alkyl carbamates (subject to hydrolysis) is 1. The molecule has 0 spiro atoms. The van der Waals surface area contributed by atoms with E-state index in [1.165, 1.54) is 11.3 Å². The third kappa shape index (κ3) is 8.90. The van der Waals surface area contributed by atoms with Crippen LogP contribution in [0.4, 0.5) is 4.79 Å². The monoisotopic (exact) mass is 730 g/mol. The van der Waals surface area contributed by atoms with E-state index >= 15 is 0 Å². The van der Waals surface area contributed by atoms with E-state index in [-0.39, 0.29) is 19.1 Å². The Kier molecular flexibility index (Phi) is 12.0. The first-order valence-electron chi connectivity index (χ1n) is 18.3. The molecule has 2 aliphatic heterocycles. The highest BCUT2D eigenvalue weighted by Crippen LogP contribution is 2.40. The molecule has 53 heavy (non-hydrogen) atoms. The van der Waals surface area contributed by atoms with Gasteiger partial charge in [0.1, 0.15) is 23.9 Å². The molecule has 2 N–H and O–H groups in total. The molecule has 13 nitrogen and oxygen atoms in total. The number of methoxy groups -OCH3 is 1. The van der Waals surface area contributed by atoms with Crippen LogP contribution in [-0.4, -0.2) is 82.8 Å². The average Bonchev–Trinajstić information content (AvgIpc) is 3.70. The zero-order chi connectivity index (χ0) is 38.7. The predicted octanol–water partition coefficient (Wildman–Crippen LogP) is 6.40. The van der Waals surface area contributed by atoms with Crippen molar-refractivity contribution in [2.45, 2.75) is 111 Å². The lowest BCUT2D eigenvalue weighted by molar-refractivity contribution is -0.155. The van der Waals surface area contributed by atoms with Crippen molar-refractivity contribution in [3.63, 3.8) is 0 Å². The van der Waals surface area contributed by atoms with Crippen molar-refractivity contribution in [2.24, 2.45) is 10.4 Å². The van der Waals surface area contributed by atoms with Crippen LogP contribution in [0.3, 0.4) is 0 Å². The maximum Gasteiger partial charge on any atom is 0.408 e. The summed E-state index contributed by atoms with van der Waals surface area (Å²) in [6, 6.07) is 4.27. The number of allylic oxidation sites excluding steroid dienone is 2. The SMILES string of the molecule is C=C/C(=C(\N=CC)[C@H](C)OC)c1c2c3cc(ccc3n1CC)-c1nc(co1)C[C@H](NC(=O)OC(C)(C)C)C(=O)N1CCC[C@H](N1)C(=O)OCC(C)(C)C2. The van der Waals surface area contributed by atoms with E-state index in [0.717, 1.165) is 39.0 Å². The number of fused-ring (bicyclic) bond motifs is 6. The molecule has 286 valence electrons. The molecule has 1 saturated heterocycles. The average molecular weight is 731 g/mol. The van der Waals surface area contributed by atoms with Gasteiger partial charge in [0.25, 0.3) is 5.91 Å². The van der Waals surface area contributed by atoms with E-state index in [4.69, 9.17) is 28.6 Å². The van der Waals surface area contributed by atoms with Gasteiger partial charge in [0.2, 0.25) is 5.89 Å². The predicted molar refractivity (Wildman–Crippen MR) is 204 cm³/mol. The molecule has 13 heteroatoms. The summed E-state index contributed by atoms with van der Waals surface area (Å²) in [5, 5.41) is 5.09. The van der Waals surface area contributed by atoms with Crippen molar-refractivity contribution in [1.82, 2.24) is 25.3 Å². The van der Waals surface area contributed by atoms with Crippen LogP contribution in [0.15, 0.2) is 52.2 Å². The molecule has 2 amide bonds. The number of nitrogens with one attached hydrogen (secondary N) is 2. The molecule has 3 atom stereocenters. The summed E-state index contributed by atoms with van der Waals surface area (Å²) >= 11 is 0. The Morgan fingerprint density at radius 1 is 1.28 bits per heavy atom. The second kappa shape index (κ2) is 16.1. The van der Waals surface area contributed by atoms with E-state index in [0.29, 0.717) is 43.9 Å². The molecular weight excluding hydrogens is 676 g/mol. The second-order valence-corrected chi connectivity index (χ2v) is 15.4. The van der Waals surface area contributed by atoms with Gasteiger partial charge in [-0.1, -0.05) is 26.5 Å². The van der Waals surface area contributed by atoms with Crippen LogP contribution in [0.1, 0.15) is 85.2 Å². The minimum atomic E-state index is -1.06. The molecule has 1 fully saturated rings. The van der Waals surface area contributed by atoms with Gasteiger partial charge in [-0.15, -0.1) is 0 Å². The van der Waals surface area contributed by atoms with E-state index < -0.39 is 41.1 Å². The van der Waals surface area contributed by atoms with Gasteiger partial charge in [-0.05, 0) is 84.6 Å². The number of carbonyl (C=O) groups excluding carboxylic acids is 3. The van der Waals surface area contributed by atoms with E-state index in [1.54, 1.807) is 34.1 Å². The lowest BCUT2D eigenvalue weighted by Gasteiger charge is -2.35. The maximum atomic E-state index is 14.0. The first kappa shape index (κ1) is 39.5. The summed E-state index contributed by atoms with van der Waals surface area (Å²) in [5.74, 6) is -0.510. The van der Waals surface area contributed by atoms with Crippen LogP contribution in [0.2, 0.25) is 0 Å². The van der Waals surface area contributed by atoms with Gasteiger partial charge in [0, 0.05) is 60.3 Å². The van der Waals surface area contributed by atoms with Crippen molar-refractivity contribution >= 4 is 40.7 Å². The van der Waals surface area contributed by atoms with Gasteiger partial charge in [0.05, 0.1) is 29.8 Å². The summed E-state index contributed by atoms with van der Waals surface area (Å²) in [4.78, 5) is 50.0. The van der Waals surface area contributed by atoms with Gasteiger partial charge in [-0.25, -0.2) is 15.2 Å². The molecule has 4 heterocycles. The Balaban J connectivity index is 1.70. The van der Waals surface area contributed by atoms with Crippen LogP contribution in [0.5, 0.6) is 0 Å². The lowest BCUT2D eigenvalue weighted by Crippen LogP contribution is -2.60. The number of oxazole rings is 1. The quantitative estimate of drug-likeness (QED) is 0.160. The summed E-state index contributed by atoms with van der Waals surface area (Å²) in [6.45, 7) is 20.7. The number of cyclic esters (lactones) is 1. The number of carbonyl (C=O) groups is 3. The third-order valence-corrected chi connectivity index (χ3v) is 9.42. The molecule has 0 saturated carbocycles. The number of hydrazine groups is 1. The van der Waals surface area contributed by atoms with Crippen LogP contribution >= 0.6 is 0 Å². The number of ether oxygens (including phenoxy) is 3. The van der Waals surface area contributed by atoms with Crippen molar-refractivity contribution in [3.8, 4) is 11.5 Å². The molecule has 6 bridgehead atoms. The van der Waals surface area contributed by atoms with Crippen LogP contribution < -0.4 is 10.7 Å². The van der Waals surface area contributed by atoms with Crippen molar-refractivity contribution in [2.75, 3.05) is 20.3 Å². The van der Waals surface area contributed by atoms with Gasteiger partial charge in [-0.3, -0.25) is 19.6 Å². The Hall–Kier alpha value is -4.75. The minimum Gasteiger partial charge on any atom is -0.464 e. The number of rotatable bonds is 7. The Labute approximate surface area is 311 Å². The maximum absolute atomic E-state index is 14.0. The number of esters is 1. The zero-order valence-corrected chi connectivity index (χ0v) is 32.5. The number of hydrogen-bond donors (Lipinski definition) is 2. The normalized spacial score (nSPS) is 20.8. The highest BCUT2D eigenvalue weighted by Gasteiger charge is 2.36. The number of amides is 2. The van der Waals surface area contributed by atoms with Crippen LogP contribution in [0, 0.1) is 5.41 Å². The second-order valence-electron chi connectivity index (χ2n) is 15.4. The zero-order valence-electron chi connectivity index (χ0n) is 32.5. The number of benzene rings is 1. The number of aryl methyl sites for hydroxylation is 1. The summed E-state index contributed by atoms with van der Waals surface area (Å²) in [7, 11) is 1.66. The molecular formula is C40H54N6O7. The molecule has 5 rings (SSSR count). The first-order valence-corrected chi connectivity index (χ1v) is 18.3. The summed E-state index contributed by atoms with van der Waals surface area (Å²) in [5.41, 5.74) is 7.56. The van der Waals surface area contributed by atoms with Gasteiger partial charge in [-0.2, -0.15) is 0 Å². The Morgan fingerprint density at radius 3 is 2.70 bits per heavy atom. The number of hydrogen-bond acceptors (Lipinski definition) is 10. The smallest absolute Gasteiger partial charge is 0.408 e. The summed E-state index contributed by atoms with van der Waals surface area (Å²) < 4.78 is 25.6. The molecule has 0 radical (unpaired) electrons.